The van der Waals surface area contributed by atoms with E-state index in [-0.39, 0.29) is 18.0 Å². The zero-order valence-electron chi connectivity index (χ0n) is 9.81. The molecule has 1 atom stereocenters. The molecule has 0 aromatic heterocycles. The van der Waals surface area contributed by atoms with Crippen LogP contribution in [0.1, 0.15) is 35.3 Å². The van der Waals surface area contributed by atoms with Gasteiger partial charge in [0, 0.05) is 11.6 Å². The van der Waals surface area contributed by atoms with E-state index in [4.69, 9.17) is 10.8 Å². The molecule has 0 amide bonds. The van der Waals surface area contributed by atoms with Crippen LogP contribution in [0.3, 0.4) is 0 Å². The first kappa shape index (κ1) is 16.4. The predicted molar refractivity (Wildman–Crippen MR) is 68.6 cm³/mol. The van der Waals surface area contributed by atoms with E-state index in [1.807, 2.05) is 0 Å². The summed E-state index contributed by atoms with van der Waals surface area (Å²) in [5, 5.41) is 18.5. The maximum absolute atomic E-state index is 13.2. The summed E-state index contributed by atoms with van der Waals surface area (Å²) in [4.78, 5) is 10.8. The van der Waals surface area contributed by atoms with Crippen LogP contribution in [-0.4, -0.2) is 16.2 Å². The van der Waals surface area contributed by atoms with E-state index < -0.39 is 29.1 Å². The Kier molecular flexibility index (Phi) is 5.81. The minimum Gasteiger partial charge on any atom is -0.507 e. The molecule has 0 heterocycles. The number of hydrogen-bond donors (Lipinski definition) is 3. The van der Waals surface area contributed by atoms with Gasteiger partial charge >= 0.3 is 5.97 Å². The molecule has 0 aliphatic heterocycles. The fraction of sp³-hybridized carbons (Fsp3) is 0.250. The zero-order valence-corrected chi connectivity index (χ0v) is 10.6. The Hall–Kier alpha value is -1.59. The van der Waals surface area contributed by atoms with Crippen LogP contribution in [-0.2, 0) is 0 Å². The first-order chi connectivity index (χ1) is 7.82. The van der Waals surface area contributed by atoms with Crippen molar-refractivity contribution >= 4 is 18.4 Å². The van der Waals surface area contributed by atoms with Gasteiger partial charge in [-0.2, -0.15) is 0 Å². The van der Waals surface area contributed by atoms with Crippen molar-refractivity contribution in [1.82, 2.24) is 0 Å². The first-order valence-corrected chi connectivity index (χ1v) is 4.98. The summed E-state index contributed by atoms with van der Waals surface area (Å²) in [6.45, 7) is 5.40. The standard InChI is InChI=1S/C12H14FNO3.ClH/c1-6(2)3-10(14)8-4-7(13)5-9(11(8)15)12(16)17;/h4-5,10,15H,1,3,14H2,2H3,(H,16,17);1H/t10-;/m1./s1. The van der Waals surface area contributed by atoms with Gasteiger partial charge in [-0.15, -0.1) is 19.0 Å². The second-order valence-corrected chi connectivity index (χ2v) is 3.96. The molecular weight excluding hydrogens is 261 g/mol. The molecule has 0 radical (unpaired) electrons. The van der Waals surface area contributed by atoms with E-state index in [9.17, 15) is 14.3 Å². The van der Waals surface area contributed by atoms with Crippen LogP contribution in [0.2, 0.25) is 0 Å². The third-order valence-corrected chi connectivity index (χ3v) is 2.30. The van der Waals surface area contributed by atoms with Gasteiger partial charge in [-0.1, -0.05) is 5.57 Å². The Bertz CT molecular complexity index is 477. The monoisotopic (exact) mass is 275 g/mol. The Balaban J connectivity index is 0.00000289. The number of carbonyl (C=O) groups is 1. The van der Waals surface area contributed by atoms with E-state index in [2.05, 4.69) is 6.58 Å². The van der Waals surface area contributed by atoms with Crippen LogP contribution >= 0.6 is 12.4 Å². The van der Waals surface area contributed by atoms with Gasteiger partial charge in [0.2, 0.25) is 0 Å². The second kappa shape index (κ2) is 6.37. The summed E-state index contributed by atoms with van der Waals surface area (Å²) >= 11 is 0. The molecule has 18 heavy (non-hydrogen) atoms. The molecule has 0 saturated heterocycles. The average Bonchev–Trinajstić information content (AvgIpc) is 2.19. The minimum atomic E-state index is -1.40. The second-order valence-electron chi connectivity index (χ2n) is 3.96. The minimum absolute atomic E-state index is 0. The number of carboxylic acids is 1. The summed E-state index contributed by atoms with van der Waals surface area (Å²) in [5.74, 6) is -2.63. The SMILES string of the molecule is C=C(C)C[C@@H](N)c1cc(F)cc(C(=O)O)c1O.Cl. The van der Waals surface area contributed by atoms with Crippen molar-refractivity contribution in [2.75, 3.05) is 0 Å². The Morgan fingerprint density at radius 2 is 2.11 bits per heavy atom. The largest absolute Gasteiger partial charge is 0.507 e. The summed E-state index contributed by atoms with van der Waals surface area (Å²) in [6.07, 6.45) is 0.343. The van der Waals surface area contributed by atoms with Gasteiger partial charge in [-0.3, -0.25) is 0 Å². The van der Waals surface area contributed by atoms with Crippen LogP contribution in [0.4, 0.5) is 4.39 Å². The van der Waals surface area contributed by atoms with Crippen molar-refractivity contribution in [3.8, 4) is 5.75 Å². The van der Waals surface area contributed by atoms with Crippen molar-refractivity contribution in [1.29, 1.82) is 0 Å². The Labute approximate surface area is 110 Å². The molecule has 0 aliphatic rings. The lowest BCUT2D eigenvalue weighted by Crippen LogP contribution is -2.13. The predicted octanol–water partition coefficient (Wildman–Crippen LogP) is 2.62. The number of rotatable bonds is 4. The molecule has 6 heteroatoms. The van der Waals surface area contributed by atoms with Gasteiger partial charge in [0.25, 0.3) is 0 Å². The van der Waals surface area contributed by atoms with E-state index in [0.717, 1.165) is 17.7 Å². The number of phenols is 1. The van der Waals surface area contributed by atoms with Gasteiger partial charge < -0.3 is 15.9 Å². The molecule has 0 aliphatic carbocycles. The van der Waals surface area contributed by atoms with Crippen molar-refractivity contribution in [2.45, 2.75) is 19.4 Å². The van der Waals surface area contributed by atoms with Gasteiger partial charge in [0.15, 0.2) is 0 Å². The molecular formula is C12H15ClFNO3. The molecule has 0 saturated carbocycles. The molecule has 0 fully saturated rings. The van der Waals surface area contributed by atoms with Crippen molar-refractivity contribution in [3.63, 3.8) is 0 Å². The number of hydrogen-bond acceptors (Lipinski definition) is 3. The highest BCUT2D eigenvalue weighted by Gasteiger charge is 2.19. The normalized spacial score (nSPS) is 11.5. The quantitative estimate of drug-likeness (QED) is 0.738. The molecule has 0 spiro atoms. The van der Waals surface area contributed by atoms with Gasteiger partial charge in [-0.25, -0.2) is 9.18 Å². The average molecular weight is 276 g/mol. The van der Waals surface area contributed by atoms with Crippen LogP contribution in [0.25, 0.3) is 0 Å². The summed E-state index contributed by atoms with van der Waals surface area (Å²) in [7, 11) is 0. The van der Waals surface area contributed by atoms with Crippen LogP contribution in [0, 0.1) is 5.82 Å². The van der Waals surface area contributed by atoms with E-state index in [1.54, 1.807) is 6.92 Å². The van der Waals surface area contributed by atoms with Crippen molar-refractivity contribution < 1.29 is 19.4 Å². The van der Waals surface area contributed by atoms with E-state index in [0.29, 0.717) is 6.42 Å². The molecule has 100 valence electrons. The fourth-order valence-electron chi connectivity index (χ4n) is 1.55. The highest BCUT2D eigenvalue weighted by atomic mass is 35.5. The molecule has 1 aromatic rings. The molecule has 0 bridgehead atoms. The molecule has 1 rings (SSSR count). The fourth-order valence-corrected chi connectivity index (χ4v) is 1.55. The number of halogens is 2. The highest BCUT2D eigenvalue weighted by Crippen LogP contribution is 2.30. The maximum atomic E-state index is 13.2. The number of aromatic hydroxyl groups is 1. The smallest absolute Gasteiger partial charge is 0.339 e. The summed E-state index contributed by atoms with van der Waals surface area (Å²) < 4.78 is 13.2. The van der Waals surface area contributed by atoms with Gasteiger partial charge in [0.05, 0.1) is 0 Å². The number of nitrogens with two attached hydrogens (primary N) is 1. The van der Waals surface area contributed by atoms with Crippen LogP contribution in [0.5, 0.6) is 5.75 Å². The highest BCUT2D eigenvalue weighted by molar-refractivity contribution is 5.91. The topological polar surface area (TPSA) is 83.6 Å². The lowest BCUT2D eigenvalue weighted by molar-refractivity contribution is 0.0693. The maximum Gasteiger partial charge on any atom is 0.339 e. The Morgan fingerprint density at radius 1 is 1.56 bits per heavy atom. The third-order valence-electron chi connectivity index (χ3n) is 2.30. The molecule has 4 N–H and O–H groups in total. The van der Waals surface area contributed by atoms with Crippen molar-refractivity contribution in [2.24, 2.45) is 5.73 Å². The number of benzene rings is 1. The molecule has 4 nitrogen and oxygen atoms in total. The summed E-state index contributed by atoms with van der Waals surface area (Å²) in [5.41, 5.74) is 6.10. The van der Waals surface area contributed by atoms with Crippen molar-refractivity contribution in [3.05, 3.63) is 41.2 Å². The van der Waals surface area contributed by atoms with Gasteiger partial charge in [-0.05, 0) is 25.5 Å². The van der Waals surface area contributed by atoms with Gasteiger partial charge in [0.1, 0.15) is 17.1 Å². The zero-order chi connectivity index (χ0) is 13.2. The number of carboxylic acid groups (broad SMARTS) is 1. The number of aromatic carboxylic acids is 1. The third kappa shape index (κ3) is 3.72. The van der Waals surface area contributed by atoms with E-state index >= 15 is 0 Å². The lowest BCUT2D eigenvalue weighted by atomic mass is 9.97. The first-order valence-electron chi connectivity index (χ1n) is 4.98. The molecule has 0 unspecified atom stereocenters. The lowest BCUT2D eigenvalue weighted by Gasteiger charge is -2.15. The van der Waals surface area contributed by atoms with Crippen LogP contribution in [0.15, 0.2) is 24.3 Å². The van der Waals surface area contributed by atoms with Crippen LogP contribution < -0.4 is 5.73 Å². The summed E-state index contributed by atoms with van der Waals surface area (Å²) in [6, 6.07) is 1.12. The van der Waals surface area contributed by atoms with E-state index in [1.165, 1.54) is 0 Å². The molecule has 1 aromatic carbocycles. The Morgan fingerprint density at radius 3 is 2.56 bits per heavy atom.